The Labute approximate surface area is 181 Å². The van der Waals surface area contributed by atoms with Gasteiger partial charge in [0.15, 0.2) is 5.13 Å². The number of carbonyl (C=O) groups excluding carboxylic acids is 2. The van der Waals surface area contributed by atoms with Crippen LogP contribution in [-0.4, -0.2) is 16.9 Å². The van der Waals surface area contributed by atoms with Crippen molar-refractivity contribution in [1.29, 1.82) is 0 Å². The van der Waals surface area contributed by atoms with E-state index < -0.39 is 17.7 Å². The zero-order chi connectivity index (χ0) is 22.6. The Kier molecular flexibility index (Phi) is 6.74. The van der Waals surface area contributed by atoms with Crippen LogP contribution >= 0.6 is 11.3 Å². The summed E-state index contributed by atoms with van der Waals surface area (Å²) in [5.74, 6) is -0.978. The van der Waals surface area contributed by atoms with Gasteiger partial charge < -0.3 is 4.74 Å². The van der Waals surface area contributed by atoms with Crippen LogP contribution < -0.4 is 4.90 Å². The molecule has 0 N–H and O–H groups in total. The van der Waals surface area contributed by atoms with Crippen molar-refractivity contribution in [2.75, 3.05) is 4.90 Å². The molecule has 0 atom stereocenters. The summed E-state index contributed by atoms with van der Waals surface area (Å²) in [5, 5.41) is 2.09. The summed E-state index contributed by atoms with van der Waals surface area (Å²) in [6.07, 6.45) is -3.59. The van der Waals surface area contributed by atoms with E-state index in [4.69, 9.17) is 4.74 Å². The summed E-state index contributed by atoms with van der Waals surface area (Å²) in [7, 11) is 0. The van der Waals surface area contributed by atoms with Gasteiger partial charge in [-0.25, -0.2) is 9.78 Å². The van der Waals surface area contributed by atoms with E-state index >= 15 is 0 Å². The molecule has 0 saturated heterocycles. The number of amides is 1. The van der Waals surface area contributed by atoms with Gasteiger partial charge in [0.1, 0.15) is 6.61 Å². The third-order valence-electron chi connectivity index (χ3n) is 4.45. The molecule has 31 heavy (non-hydrogen) atoms. The number of nitrogens with zero attached hydrogens (tertiary/aromatic N) is 2. The standard InChI is InChI=1S/C22H19F3N2O3S/c1-3-15-4-10-19(11-5-15)27(14(2)28)21-26-18(13-31-21)12-30-20(29)16-6-8-17(9-7-16)22(23,24)25/h4-11,13H,3,12H2,1-2H3. The number of esters is 1. The lowest BCUT2D eigenvalue weighted by Crippen LogP contribution is -2.22. The van der Waals surface area contributed by atoms with Crippen molar-refractivity contribution in [3.63, 3.8) is 0 Å². The van der Waals surface area contributed by atoms with Crippen molar-refractivity contribution in [2.45, 2.75) is 33.1 Å². The van der Waals surface area contributed by atoms with Crippen LogP contribution in [0.5, 0.6) is 0 Å². The van der Waals surface area contributed by atoms with Crippen LogP contribution in [0.3, 0.4) is 0 Å². The molecule has 162 valence electrons. The molecule has 0 unspecified atom stereocenters. The summed E-state index contributed by atoms with van der Waals surface area (Å²) < 4.78 is 43.0. The summed E-state index contributed by atoms with van der Waals surface area (Å²) >= 11 is 1.22. The maximum atomic E-state index is 12.6. The van der Waals surface area contributed by atoms with Gasteiger partial charge in [-0.1, -0.05) is 19.1 Å². The number of hydrogen-bond acceptors (Lipinski definition) is 5. The molecule has 3 rings (SSSR count). The fraction of sp³-hybridized carbons (Fsp3) is 0.227. The zero-order valence-corrected chi connectivity index (χ0v) is 17.6. The van der Waals surface area contributed by atoms with Crippen LogP contribution in [0, 0.1) is 0 Å². The second-order valence-electron chi connectivity index (χ2n) is 6.65. The third kappa shape index (κ3) is 5.49. The quantitative estimate of drug-likeness (QED) is 0.450. The van der Waals surface area contributed by atoms with E-state index in [9.17, 15) is 22.8 Å². The Morgan fingerprint density at radius 1 is 1.06 bits per heavy atom. The van der Waals surface area contributed by atoms with E-state index in [1.807, 2.05) is 31.2 Å². The molecular weight excluding hydrogens is 429 g/mol. The van der Waals surface area contributed by atoms with E-state index in [-0.39, 0.29) is 18.1 Å². The van der Waals surface area contributed by atoms with Crippen LogP contribution in [0.2, 0.25) is 0 Å². The number of halogens is 3. The molecule has 3 aromatic rings. The first-order chi connectivity index (χ1) is 14.7. The van der Waals surface area contributed by atoms with E-state index in [1.165, 1.54) is 23.2 Å². The summed E-state index contributed by atoms with van der Waals surface area (Å²) in [6.45, 7) is 3.30. The minimum Gasteiger partial charge on any atom is -0.456 e. The predicted octanol–water partition coefficient (Wildman–Crippen LogP) is 5.77. The van der Waals surface area contributed by atoms with Gasteiger partial charge >= 0.3 is 12.1 Å². The lowest BCUT2D eigenvalue weighted by Gasteiger charge is -2.18. The van der Waals surface area contributed by atoms with E-state index in [2.05, 4.69) is 4.98 Å². The van der Waals surface area contributed by atoms with Gasteiger partial charge in [-0.05, 0) is 48.4 Å². The molecule has 2 aromatic carbocycles. The molecule has 0 radical (unpaired) electrons. The van der Waals surface area contributed by atoms with Gasteiger partial charge in [0.05, 0.1) is 22.5 Å². The highest BCUT2D eigenvalue weighted by molar-refractivity contribution is 7.14. The number of ether oxygens (including phenoxy) is 1. The molecule has 0 aliphatic carbocycles. The molecule has 1 amide bonds. The van der Waals surface area contributed by atoms with Gasteiger partial charge in [0.25, 0.3) is 0 Å². The van der Waals surface area contributed by atoms with E-state index in [1.54, 1.807) is 5.38 Å². The second kappa shape index (κ2) is 9.30. The van der Waals surface area contributed by atoms with Crippen molar-refractivity contribution in [3.05, 3.63) is 76.3 Å². The van der Waals surface area contributed by atoms with Crippen LogP contribution in [-0.2, 0) is 28.7 Å². The van der Waals surface area contributed by atoms with E-state index in [0.717, 1.165) is 36.2 Å². The van der Waals surface area contributed by atoms with Gasteiger partial charge in [0.2, 0.25) is 5.91 Å². The monoisotopic (exact) mass is 448 g/mol. The Bertz CT molecular complexity index is 1060. The Hall–Kier alpha value is -3.20. The fourth-order valence-corrected chi connectivity index (χ4v) is 3.66. The topological polar surface area (TPSA) is 59.5 Å². The SMILES string of the molecule is CCc1ccc(N(C(C)=O)c2nc(COC(=O)c3ccc(C(F)(F)F)cc3)cs2)cc1. The molecule has 5 nitrogen and oxygen atoms in total. The Morgan fingerprint density at radius 3 is 2.26 bits per heavy atom. The molecule has 0 saturated carbocycles. The van der Waals surface area contributed by atoms with Crippen LogP contribution in [0.1, 0.15) is 41.0 Å². The molecule has 0 spiro atoms. The highest BCUT2D eigenvalue weighted by Crippen LogP contribution is 2.30. The van der Waals surface area contributed by atoms with Crippen molar-refractivity contribution in [1.82, 2.24) is 4.98 Å². The van der Waals surface area contributed by atoms with Crippen molar-refractivity contribution in [2.24, 2.45) is 0 Å². The van der Waals surface area contributed by atoms with Gasteiger partial charge in [0, 0.05) is 12.3 Å². The Morgan fingerprint density at radius 2 is 1.71 bits per heavy atom. The number of benzene rings is 2. The first kappa shape index (κ1) is 22.5. The molecular formula is C22H19F3N2O3S. The fourth-order valence-electron chi connectivity index (χ4n) is 2.79. The molecule has 0 aliphatic rings. The van der Waals surface area contributed by atoms with Gasteiger partial charge in [-0.3, -0.25) is 9.69 Å². The highest BCUT2D eigenvalue weighted by Gasteiger charge is 2.30. The minimum atomic E-state index is -4.47. The predicted molar refractivity (Wildman–Crippen MR) is 111 cm³/mol. The normalized spacial score (nSPS) is 11.3. The zero-order valence-electron chi connectivity index (χ0n) is 16.8. The molecule has 1 aromatic heterocycles. The smallest absolute Gasteiger partial charge is 0.416 e. The van der Waals surface area contributed by atoms with Crippen molar-refractivity contribution in [3.8, 4) is 0 Å². The maximum Gasteiger partial charge on any atom is 0.416 e. The lowest BCUT2D eigenvalue weighted by molar-refractivity contribution is -0.137. The lowest BCUT2D eigenvalue weighted by atomic mass is 10.1. The number of carbonyl (C=O) groups is 2. The van der Waals surface area contributed by atoms with E-state index in [0.29, 0.717) is 16.5 Å². The minimum absolute atomic E-state index is 0.00447. The summed E-state index contributed by atoms with van der Waals surface area (Å²) in [5.41, 5.74) is 1.40. The third-order valence-corrected chi connectivity index (χ3v) is 5.32. The molecule has 0 bridgehead atoms. The number of alkyl halides is 3. The van der Waals surface area contributed by atoms with Gasteiger partial charge in [-0.15, -0.1) is 11.3 Å². The highest BCUT2D eigenvalue weighted by atomic mass is 32.1. The number of rotatable bonds is 6. The summed E-state index contributed by atoms with van der Waals surface area (Å²) in [6, 6.07) is 11.3. The van der Waals surface area contributed by atoms with Crippen molar-refractivity contribution < 1.29 is 27.5 Å². The number of thiazole rings is 1. The number of aryl methyl sites for hydroxylation is 1. The first-order valence-corrected chi connectivity index (χ1v) is 10.3. The molecule has 1 heterocycles. The van der Waals surface area contributed by atoms with Gasteiger partial charge in [-0.2, -0.15) is 13.2 Å². The molecule has 0 aliphatic heterocycles. The summed E-state index contributed by atoms with van der Waals surface area (Å²) in [4.78, 5) is 30.1. The average Bonchev–Trinajstić information content (AvgIpc) is 3.20. The second-order valence-corrected chi connectivity index (χ2v) is 7.48. The first-order valence-electron chi connectivity index (χ1n) is 9.37. The number of aromatic nitrogens is 1. The van der Waals surface area contributed by atoms with Crippen LogP contribution in [0.15, 0.2) is 53.9 Å². The van der Waals surface area contributed by atoms with Crippen molar-refractivity contribution >= 4 is 34.0 Å². The largest absolute Gasteiger partial charge is 0.456 e. The number of anilines is 2. The Balaban J connectivity index is 1.68. The van der Waals surface area contributed by atoms with Crippen LogP contribution in [0.4, 0.5) is 24.0 Å². The molecule has 0 fully saturated rings. The van der Waals surface area contributed by atoms with Crippen LogP contribution in [0.25, 0.3) is 0 Å². The maximum absolute atomic E-state index is 12.6. The number of hydrogen-bond donors (Lipinski definition) is 0. The molecule has 9 heteroatoms. The average molecular weight is 448 g/mol.